The highest BCUT2D eigenvalue weighted by atomic mass is 16.5. The van der Waals surface area contributed by atoms with Gasteiger partial charge in [-0.15, -0.1) is 0 Å². The lowest BCUT2D eigenvalue weighted by Crippen LogP contribution is -2.13. The Morgan fingerprint density at radius 2 is 2.04 bits per heavy atom. The number of nitrogens with zero attached hydrogens (tertiary/aromatic N) is 2. The van der Waals surface area contributed by atoms with Crippen LogP contribution in [0, 0.1) is 31.1 Å². The standard InChI is InChI=1S/C20H24N2O2/c1-14(2)8-9-22-15(3)10-19(16(22)4)20(23)13-24-18-7-5-6-17(11-18)12-21/h5-7,10-11,14H,8-9,13H2,1-4H3. The van der Waals surface area contributed by atoms with E-state index in [-0.39, 0.29) is 12.4 Å². The fourth-order valence-corrected chi connectivity index (χ4v) is 2.70. The van der Waals surface area contributed by atoms with Crippen LogP contribution in [0.4, 0.5) is 0 Å². The summed E-state index contributed by atoms with van der Waals surface area (Å²) in [6.07, 6.45) is 1.08. The van der Waals surface area contributed by atoms with Crippen LogP contribution < -0.4 is 4.74 Å². The summed E-state index contributed by atoms with van der Waals surface area (Å²) in [5.41, 5.74) is 3.33. The van der Waals surface area contributed by atoms with E-state index in [0.29, 0.717) is 22.8 Å². The van der Waals surface area contributed by atoms with Gasteiger partial charge in [0.05, 0.1) is 11.6 Å². The lowest BCUT2D eigenvalue weighted by atomic mass is 10.1. The molecule has 0 spiro atoms. The van der Waals surface area contributed by atoms with Crippen LogP contribution in [0.3, 0.4) is 0 Å². The maximum atomic E-state index is 12.5. The van der Waals surface area contributed by atoms with E-state index in [9.17, 15) is 4.79 Å². The molecule has 2 rings (SSSR count). The van der Waals surface area contributed by atoms with Crippen LogP contribution in [0.15, 0.2) is 30.3 Å². The van der Waals surface area contributed by atoms with Crippen LogP contribution in [0.25, 0.3) is 0 Å². The van der Waals surface area contributed by atoms with Crippen LogP contribution in [0.2, 0.25) is 0 Å². The molecule has 0 fully saturated rings. The summed E-state index contributed by atoms with van der Waals surface area (Å²) in [6, 6.07) is 10.8. The highest BCUT2D eigenvalue weighted by Crippen LogP contribution is 2.19. The van der Waals surface area contributed by atoms with Crippen LogP contribution in [0.1, 0.15) is 47.6 Å². The third-order valence-corrected chi connectivity index (χ3v) is 4.14. The Bertz CT molecular complexity index is 766. The number of benzene rings is 1. The van der Waals surface area contributed by atoms with E-state index in [1.165, 1.54) is 0 Å². The predicted molar refractivity (Wildman–Crippen MR) is 94.3 cm³/mol. The summed E-state index contributed by atoms with van der Waals surface area (Å²) < 4.78 is 7.76. The van der Waals surface area contributed by atoms with E-state index < -0.39 is 0 Å². The van der Waals surface area contributed by atoms with Crippen molar-refractivity contribution < 1.29 is 9.53 Å². The molecular formula is C20H24N2O2. The molecule has 0 amide bonds. The van der Waals surface area contributed by atoms with Crippen LogP contribution in [-0.2, 0) is 6.54 Å². The van der Waals surface area contributed by atoms with Crippen molar-refractivity contribution in [1.29, 1.82) is 5.26 Å². The molecule has 2 aromatic rings. The Labute approximate surface area is 143 Å². The number of ether oxygens (including phenoxy) is 1. The smallest absolute Gasteiger partial charge is 0.202 e. The average Bonchev–Trinajstić information content (AvgIpc) is 2.85. The molecule has 0 aliphatic heterocycles. The second-order valence-corrected chi connectivity index (χ2v) is 6.47. The summed E-state index contributed by atoms with van der Waals surface area (Å²) in [7, 11) is 0. The molecule has 0 unspecified atom stereocenters. The molecule has 0 saturated heterocycles. The largest absolute Gasteiger partial charge is 0.485 e. The third kappa shape index (κ3) is 4.26. The molecule has 4 heteroatoms. The monoisotopic (exact) mass is 324 g/mol. The van der Waals surface area contributed by atoms with Crippen molar-refractivity contribution in [3.63, 3.8) is 0 Å². The zero-order chi connectivity index (χ0) is 17.7. The van der Waals surface area contributed by atoms with Crippen molar-refractivity contribution in [2.75, 3.05) is 6.61 Å². The Morgan fingerprint density at radius 1 is 1.29 bits per heavy atom. The SMILES string of the molecule is Cc1cc(C(=O)COc2cccc(C#N)c2)c(C)n1CCC(C)C. The van der Waals surface area contributed by atoms with Crippen molar-refractivity contribution in [2.24, 2.45) is 5.92 Å². The molecule has 0 atom stereocenters. The summed E-state index contributed by atoms with van der Waals surface area (Å²) >= 11 is 0. The molecule has 0 radical (unpaired) electrons. The Kier molecular flexibility index (Phi) is 5.81. The van der Waals surface area contributed by atoms with E-state index in [1.807, 2.05) is 19.9 Å². The van der Waals surface area contributed by atoms with Gasteiger partial charge in [0, 0.05) is 23.5 Å². The third-order valence-electron chi connectivity index (χ3n) is 4.14. The maximum Gasteiger partial charge on any atom is 0.202 e. The van der Waals surface area contributed by atoms with Gasteiger partial charge in [-0.25, -0.2) is 0 Å². The molecule has 1 aromatic carbocycles. The number of hydrogen-bond donors (Lipinski definition) is 0. The van der Waals surface area contributed by atoms with Gasteiger partial charge in [-0.2, -0.15) is 5.26 Å². The summed E-state index contributed by atoms with van der Waals surface area (Å²) in [5.74, 6) is 1.12. The Morgan fingerprint density at radius 3 is 2.71 bits per heavy atom. The van der Waals surface area contributed by atoms with Crippen molar-refractivity contribution >= 4 is 5.78 Å². The van der Waals surface area contributed by atoms with Crippen LogP contribution >= 0.6 is 0 Å². The molecule has 0 bridgehead atoms. The van der Waals surface area contributed by atoms with E-state index >= 15 is 0 Å². The van der Waals surface area contributed by atoms with Crippen molar-refractivity contribution in [2.45, 2.75) is 40.7 Å². The lowest BCUT2D eigenvalue weighted by Gasteiger charge is -2.11. The molecule has 24 heavy (non-hydrogen) atoms. The zero-order valence-corrected chi connectivity index (χ0v) is 14.8. The molecule has 1 heterocycles. The van der Waals surface area contributed by atoms with Gasteiger partial charge in [0.1, 0.15) is 5.75 Å². The number of nitriles is 1. The minimum Gasteiger partial charge on any atom is -0.485 e. The summed E-state index contributed by atoms with van der Waals surface area (Å²) in [4.78, 5) is 12.5. The number of rotatable bonds is 7. The molecular weight excluding hydrogens is 300 g/mol. The number of aryl methyl sites for hydroxylation is 1. The number of ketones is 1. The second-order valence-electron chi connectivity index (χ2n) is 6.47. The fourth-order valence-electron chi connectivity index (χ4n) is 2.70. The Balaban J connectivity index is 2.07. The van der Waals surface area contributed by atoms with Crippen molar-refractivity contribution in [1.82, 2.24) is 4.57 Å². The number of carbonyl (C=O) groups is 1. The minimum atomic E-state index is -0.0405. The van der Waals surface area contributed by atoms with Gasteiger partial charge >= 0.3 is 0 Å². The van der Waals surface area contributed by atoms with Gasteiger partial charge in [-0.3, -0.25) is 4.79 Å². The lowest BCUT2D eigenvalue weighted by molar-refractivity contribution is 0.0920. The summed E-state index contributed by atoms with van der Waals surface area (Å²) in [5, 5.41) is 8.90. The van der Waals surface area contributed by atoms with Crippen molar-refractivity contribution in [3.05, 3.63) is 52.8 Å². The normalized spacial score (nSPS) is 10.7. The fraction of sp³-hybridized carbons (Fsp3) is 0.400. The van der Waals surface area contributed by atoms with E-state index in [0.717, 1.165) is 24.4 Å². The van der Waals surface area contributed by atoms with Gasteiger partial charge in [-0.05, 0) is 50.5 Å². The van der Waals surface area contributed by atoms with Gasteiger partial charge < -0.3 is 9.30 Å². The first kappa shape index (κ1) is 17.8. The number of hydrogen-bond acceptors (Lipinski definition) is 3. The minimum absolute atomic E-state index is 0.0244. The molecule has 0 aliphatic carbocycles. The zero-order valence-electron chi connectivity index (χ0n) is 14.8. The number of aromatic nitrogens is 1. The summed E-state index contributed by atoms with van der Waals surface area (Å²) in [6.45, 7) is 9.31. The predicted octanol–water partition coefficient (Wildman–Crippen LogP) is 4.28. The second kappa shape index (κ2) is 7.83. The topological polar surface area (TPSA) is 55.0 Å². The van der Waals surface area contributed by atoms with E-state index in [2.05, 4.69) is 24.5 Å². The maximum absolute atomic E-state index is 12.5. The first-order valence-electron chi connectivity index (χ1n) is 8.25. The highest BCUT2D eigenvalue weighted by Gasteiger charge is 2.16. The first-order valence-corrected chi connectivity index (χ1v) is 8.25. The number of Topliss-reactive ketones (excluding diaryl/α,β-unsaturated/α-hetero) is 1. The Hall–Kier alpha value is -2.54. The van der Waals surface area contributed by atoms with Gasteiger partial charge in [0.15, 0.2) is 6.61 Å². The molecule has 126 valence electrons. The molecule has 0 saturated carbocycles. The van der Waals surface area contributed by atoms with Gasteiger partial charge in [0.25, 0.3) is 0 Å². The molecule has 4 nitrogen and oxygen atoms in total. The average molecular weight is 324 g/mol. The van der Waals surface area contributed by atoms with Gasteiger partial charge in [0.2, 0.25) is 5.78 Å². The molecule has 1 aromatic heterocycles. The van der Waals surface area contributed by atoms with Gasteiger partial charge in [-0.1, -0.05) is 19.9 Å². The van der Waals surface area contributed by atoms with E-state index in [4.69, 9.17) is 10.00 Å². The first-order chi connectivity index (χ1) is 11.4. The van der Waals surface area contributed by atoms with Crippen LogP contribution in [-0.4, -0.2) is 17.0 Å². The molecule has 0 aliphatic rings. The number of carbonyl (C=O) groups excluding carboxylic acids is 1. The van der Waals surface area contributed by atoms with E-state index in [1.54, 1.807) is 24.3 Å². The highest BCUT2D eigenvalue weighted by molar-refractivity contribution is 5.98. The molecule has 0 N–H and O–H groups in total. The van der Waals surface area contributed by atoms with Crippen molar-refractivity contribution in [3.8, 4) is 11.8 Å². The van der Waals surface area contributed by atoms with Crippen LogP contribution in [0.5, 0.6) is 5.75 Å². The quantitative estimate of drug-likeness (QED) is 0.714.